The van der Waals surface area contributed by atoms with Gasteiger partial charge in [0, 0.05) is 25.1 Å². The van der Waals surface area contributed by atoms with Crippen molar-refractivity contribution in [3.8, 4) is 5.75 Å². The quantitative estimate of drug-likeness (QED) is 0.518. The second-order valence-electron chi connectivity index (χ2n) is 8.05. The average Bonchev–Trinajstić information content (AvgIpc) is 2.82. The fourth-order valence-electron chi connectivity index (χ4n) is 4.39. The van der Waals surface area contributed by atoms with Gasteiger partial charge < -0.3 is 9.64 Å². The van der Waals surface area contributed by atoms with E-state index in [0.717, 1.165) is 34.2 Å². The summed E-state index contributed by atoms with van der Waals surface area (Å²) >= 11 is 0. The standard InChI is InChI=1S/C25H26FNO4S/c1-31-24-12-6-18-4-2-3-5-22(18)23(24)11-13-25(28)27-16-14-21(15-17-27)32(29,30)20-9-7-19(26)8-10-20/h2-10,12,21H,11,13-17H2,1H3. The van der Waals surface area contributed by atoms with Gasteiger partial charge in [0.2, 0.25) is 5.91 Å². The maximum atomic E-state index is 13.1. The number of sulfone groups is 1. The molecular weight excluding hydrogens is 429 g/mol. The molecular formula is C25H26FNO4S. The summed E-state index contributed by atoms with van der Waals surface area (Å²) < 4.78 is 44.3. The van der Waals surface area contributed by atoms with E-state index >= 15 is 0 Å². The SMILES string of the molecule is COc1ccc2ccccc2c1CCC(=O)N1CCC(S(=O)(=O)c2ccc(F)cc2)CC1. The first-order valence-corrected chi connectivity index (χ1v) is 12.3. The van der Waals surface area contributed by atoms with Gasteiger partial charge in [0.25, 0.3) is 0 Å². The second kappa shape index (κ2) is 9.28. The summed E-state index contributed by atoms with van der Waals surface area (Å²) in [7, 11) is -1.91. The van der Waals surface area contributed by atoms with E-state index < -0.39 is 20.9 Å². The highest BCUT2D eigenvalue weighted by molar-refractivity contribution is 7.92. The first-order chi connectivity index (χ1) is 15.4. The molecule has 0 spiro atoms. The number of halogens is 1. The summed E-state index contributed by atoms with van der Waals surface area (Å²) in [5.74, 6) is 0.311. The maximum Gasteiger partial charge on any atom is 0.222 e. The van der Waals surface area contributed by atoms with Gasteiger partial charge in [-0.2, -0.15) is 0 Å². The Hall–Kier alpha value is -2.93. The van der Waals surface area contributed by atoms with Gasteiger partial charge in [-0.3, -0.25) is 4.79 Å². The molecule has 1 aliphatic heterocycles. The number of likely N-dealkylation sites (tertiary alicyclic amines) is 1. The minimum absolute atomic E-state index is 0.0117. The number of aryl methyl sites for hydroxylation is 1. The van der Waals surface area contributed by atoms with E-state index in [0.29, 0.717) is 38.8 Å². The van der Waals surface area contributed by atoms with E-state index in [-0.39, 0.29) is 10.8 Å². The highest BCUT2D eigenvalue weighted by Crippen LogP contribution is 2.30. The molecule has 0 aromatic heterocycles. The summed E-state index contributed by atoms with van der Waals surface area (Å²) in [5, 5.41) is 1.61. The number of methoxy groups -OCH3 is 1. The lowest BCUT2D eigenvalue weighted by atomic mass is 9.99. The smallest absolute Gasteiger partial charge is 0.222 e. The van der Waals surface area contributed by atoms with Gasteiger partial charge in [0.05, 0.1) is 17.3 Å². The van der Waals surface area contributed by atoms with Crippen molar-refractivity contribution < 1.29 is 22.3 Å². The molecule has 0 bridgehead atoms. The molecule has 1 heterocycles. The fraction of sp³-hybridized carbons (Fsp3) is 0.320. The molecule has 1 amide bonds. The molecule has 0 saturated carbocycles. The van der Waals surface area contributed by atoms with Gasteiger partial charge in [-0.05, 0) is 60.4 Å². The highest BCUT2D eigenvalue weighted by Gasteiger charge is 2.32. The molecule has 7 heteroatoms. The lowest BCUT2D eigenvalue weighted by Crippen LogP contribution is -2.42. The number of amides is 1. The minimum atomic E-state index is -3.54. The average molecular weight is 456 g/mol. The fourth-order valence-corrected chi connectivity index (χ4v) is 6.12. The number of benzene rings is 3. The van der Waals surface area contributed by atoms with Gasteiger partial charge in [-0.25, -0.2) is 12.8 Å². The van der Waals surface area contributed by atoms with Crippen LogP contribution in [0.4, 0.5) is 4.39 Å². The van der Waals surface area contributed by atoms with Crippen LogP contribution in [0.25, 0.3) is 10.8 Å². The van der Waals surface area contributed by atoms with Gasteiger partial charge in [0.15, 0.2) is 9.84 Å². The number of hydrogen-bond donors (Lipinski definition) is 0. The van der Waals surface area contributed by atoms with E-state index in [1.165, 1.54) is 12.1 Å². The van der Waals surface area contributed by atoms with Crippen LogP contribution in [0.5, 0.6) is 5.75 Å². The third kappa shape index (κ3) is 4.48. The van der Waals surface area contributed by atoms with Crippen molar-refractivity contribution in [2.24, 2.45) is 0 Å². The van der Waals surface area contributed by atoms with Crippen LogP contribution in [0, 0.1) is 5.82 Å². The largest absolute Gasteiger partial charge is 0.496 e. The Bertz CT molecular complexity index is 1220. The number of nitrogens with zero attached hydrogens (tertiary/aromatic N) is 1. The second-order valence-corrected chi connectivity index (χ2v) is 10.3. The topological polar surface area (TPSA) is 63.7 Å². The Morgan fingerprint density at radius 2 is 1.72 bits per heavy atom. The van der Waals surface area contributed by atoms with Crippen LogP contribution in [0.15, 0.2) is 65.6 Å². The third-order valence-corrected chi connectivity index (χ3v) is 8.46. The molecule has 0 N–H and O–H groups in total. The van der Waals surface area contributed by atoms with Gasteiger partial charge in [-0.15, -0.1) is 0 Å². The predicted molar refractivity (Wildman–Crippen MR) is 122 cm³/mol. The molecule has 1 saturated heterocycles. The normalized spacial score (nSPS) is 15.1. The molecule has 4 rings (SSSR count). The van der Waals surface area contributed by atoms with Crippen LogP contribution in [0.2, 0.25) is 0 Å². The van der Waals surface area contributed by atoms with Crippen molar-refractivity contribution in [1.82, 2.24) is 4.90 Å². The number of fused-ring (bicyclic) bond motifs is 1. The van der Waals surface area contributed by atoms with Gasteiger partial charge in [0.1, 0.15) is 11.6 Å². The zero-order valence-corrected chi connectivity index (χ0v) is 18.8. The molecule has 3 aromatic rings. The molecule has 5 nitrogen and oxygen atoms in total. The van der Waals surface area contributed by atoms with E-state index in [1.54, 1.807) is 12.0 Å². The number of carbonyl (C=O) groups is 1. The van der Waals surface area contributed by atoms with Crippen LogP contribution in [-0.2, 0) is 21.1 Å². The molecule has 0 radical (unpaired) electrons. The van der Waals surface area contributed by atoms with Crippen LogP contribution in [-0.4, -0.2) is 44.7 Å². The lowest BCUT2D eigenvalue weighted by molar-refractivity contribution is -0.132. The van der Waals surface area contributed by atoms with Crippen LogP contribution >= 0.6 is 0 Å². The Kier molecular flexibility index (Phi) is 6.46. The molecule has 3 aromatic carbocycles. The van der Waals surface area contributed by atoms with Crippen molar-refractivity contribution >= 4 is 26.5 Å². The van der Waals surface area contributed by atoms with Crippen LogP contribution in [0.3, 0.4) is 0 Å². The van der Waals surface area contributed by atoms with Crippen LogP contribution < -0.4 is 4.74 Å². The van der Waals surface area contributed by atoms with Crippen molar-refractivity contribution in [2.75, 3.05) is 20.2 Å². The Balaban J connectivity index is 1.40. The Morgan fingerprint density at radius 3 is 2.41 bits per heavy atom. The van der Waals surface area contributed by atoms with Crippen molar-refractivity contribution in [3.63, 3.8) is 0 Å². The van der Waals surface area contributed by atoms with E-state index in [9.17, 15) is 17.6 Å². The van der Waals surface area contributed by atoms with Crippen LogP contribution in [0.1, 0.15) is 24.8 Å². The summed E-state index contributed by atoms with van der Waals surface area (Å²) in [5.41, 5.74) is 1.01. The number of carbonyl (C=O) groups excluding carboxylic acids is 1. The predicted octanol–water partition coefficient (Wildman–Crippen LogP) is 4.39. The van der Waals surface area contributed by atoms with Crippen molar-refractivity contribution in [3.05, 3.63) is 72.0 Å². The summed E-state index contributed by atoms with van der Waals surface area (Å²) in [6, 6.07) is 16.9. The Morgan fingerprint density at radius 1 is 1.03 bits per heavy atom. The van der Waals surface area contributed by atoms with Gasteiger partial charge in [-0.1, -0.05) is 30.3 Å². The van der Waals surface area contributed by atoms with E-state index in [2.05, 4.69) is 0 Å². The monoisotopic (exact) mass is 455 g/mol. The summed E-state index contributed by atoms with van der Waals surface area (Å²) in [6.45, 7) is 0.799. The van der Waals surface area contributed by atoms with Crippen molar-refractivity contribution in [1.29, 1.82) is 0 Å². The maximum absolute atomic E-state index is 13.1. The zero-order chi connectivity index (χ0) is 22.7. The molecule has 168 valence electrons. The highest BCUT2D eigenvalue weighted by atomic mass is 32.2. The number of ether oxygens (including phenoxy) is 1. The van der Waals surface area contributed by atoms with E-state index in [4.69, 9.17) is 4.74 Å². The number of rotatable bonds is 6. The summed E-state index contributed by atoms with van der Waals surface area (Å²) in [4.78, 5) is 14.7. The van der Waals surface area contributed by atoms with Gasteiger partial charge >= 0.3 is 0 Å². The zero-order valence-electron chi connectivity index (χ0n) is 18.0. The lowest BCUT2D eigenvalue weighted by Gasteiger charge is -2.32. The number of hydrogen-bond acceptors (Lipinski definition) is 4. The third-order valence-electron chi connectivity index (χ3n) is 6.18. The molecule has 32 heavy (non-hydrogen) atoms. The molecule has 0 aliphatic carbocycles. The summed E-state index contributed by atoms with van der Waals surface area (Å²) in [6.07, 6.45) is 1.64. The van der Waals surface area contributed by atoms with E-state index in [1.807, 2.05) is 36.4 Å². The van der Waals surface area contributed by atoms with Crippen molar-refractivity contribution in [2.45, 2.75) is 35.8 Å². The first kappa shape index (κ1) is 22.3. The Labute approximate surface area is 187 Å². The minimum Gasteiger partial charge on any atom is -0.496 e. The molecule has 0 unspecified atom stereocenters. The first-order valence-electron chi connectivity index (χ1n) is 10.7. The molecule has 1 aliphatic rings. The molecule has 0 atom stereocenters. The number of piperidine rings is 1. The molecule has 1 fully saturated rings.